The Balaban J connectivity index is 2.24. The molecule has 0 spiro atoms. The van der Waals surface area contributed by atoms with Crippen molar-refractivity contribution in [1.82, 2.24) is 10.2 Å². The lowest BCUT2D eigenvalue weighted by Gasteiger charge is -2.33. The van der Waals surface area contributed by atoms with Crippen molar-refractivity contribution in [2.45, 2.75) is 59.2 Å². The van der Waals surface area contributed by atoms with Crippen molar-refractivity contribution in [1.29, 1.82) is 0 Å². The van der Waals surface area contributed by atoms with E-state index in [4.69, 9.17) is 16.3 Å². The monoisotopic (exact) mass is 430 g/mol. The van der Waals surface area contributed by atoms with E-state index in [1.807, 2.05) is 58.9 Å². The second-order valence-corrected chi connectivity index (χ2v) is 8.86. The second kappa shape index (κ2) is 10.5. The van der Waals surface area contributed by atoms with Crippen LogP contribution < -0.4 is 10.1 Å². The van der Waals surface area contributed by atoms with E-state index in [1.54, 1.807) is 29.2 Å². The number of amides is 2. The maximum Gasteiger partial charge on any atom is 0.261 e. The van der Waals surface area contributed by atoms with Crippen molar-refractivity contribution < 1.29 is 14.3 Å². The fourth-order valence-electron chi connectivity index (χ4n) is 3.16. The Labute approximate surface area is 184 Å². The van der Waals surface area contributed by atoms with Crippen molar-refractivity contribution in [2.24, 2.45) is 0 Å². The minimum Gasteiger partial charge on any atom is -0.484 e. The zero-order chi connectivity index (χ0) is 22.3. The molecule has 2 aromatic rings. The topological polar surface area (TPSA) is 58.6 Å². The molecule has 0 heterocycles. The molecule has 2 amide bonds. The number of carbonyl (C=O) groups excluding carboxylic acids is 2. The number of nitrogens with one attached hydrogen (secondary N) is 1. The first-order chi connectivity index (χ1) is 14.1. The van der Waals surface area contributed by atoms with Gasteiger partial charge in [0.1, 0.15) is 11.8 Å². The van der Waals surface area contributed by atoms with Gasteiger partial charge in [0.05, 0.1) is 0 Å². The molecule has 162 valence electrons. The highest BCUT2D eigenvalue weighted by Crippen LogP contribution is 2.19. The minimum atomic E-state index is -0.597. The molecule has 2 aromatic carbocycles. The largest absolute Gasteiger partial charge is 0.484 e. The number of carbonyl (C=O) groups is 2. The van der Waals surface area contributed by atoms with E-state index in [-0.39, 0.29) is 24.0 Å². The fourth-order valence-corrected chi connectivity index (χ4v) is 3.34. The van der Waals surface area contributed by atoms with Crippen molar-refractivity contribution >= 4 is 23.4 Å². The summed E-state index contributed by atoms with van der Waals surface area (Å²) in [4.78, 5) is 27.7. The number of benzene rings is 2. The van der Waals surface area contributed by atoms with Gasteiger partial charge in [-0.1, -0.05) is 54.4 Å². The minimum absolute atomic E-state index is 0.172. The van der Waals surface area contributed by atoms with E-state index in [0.717, 1.165) is 11.1 Å². The second-order valence-electron chi connectivity index (χ2n) is 8.42. The predicted octanol–water partition coefficient (Wildman–Crippen LogP) is 4.75. The predicted molar refractivity (Wildman–Crippen MR) is 121 cm³/mol. The number of hydrogen-bond acceptors (Lipinski definition) is 3. The Bertz CT molecular complexity index is 877. The highest BCUT2D eigenvalue weighted by atomic mass is 35.5. The number of ether oxygens (including phenoxy) is 1. The molecule has 0 saturated carbocycles. The molecule has 5 nitrogen and oxygen atoms in total. The maximum absolute atomic E-state index is 13.1. The zero-order valence-corrected chi connectivity index (χ0v) is 19.1. The number of halogens is 1. The van der Waals surface area contributed by atoms with E-state index in [0.29, 0.717) is 23.7 Å². The highest BCUT2D eigenvalue weighted by molar-refractivity contribution is 6.30. The van der Waals surface area contributed by atoms with Gasteiger partial charge in [-0.15, -0.1) is 0 Å². The molecule has 0 aliphatic heterocycles. The average molecular weight is 431 g/mol. The van der Waals surface area contributed by atoms with Crippen LogP contribution in [0.5, 0.6) is 5.75 Å². The molecule has 0 aliphatic rings. The van der Waals surface area contributed by atoms with Gasteiger partial charge in [0.25, 0.3) is 5.91 Å². The van der Waals surface area contributed by atoms with Crippen molar-refractivity contribution in [3.05, 3.63) is 64.7 Å². The van der Waals surface area contributed by atoms with Crippen LogP contribution in [0.25, 0.3) is 0 Å². The Morgan fingerprint density at radius 3 is 2.43 bits per heavy atom. The lowest BCUT2D eigenvalue weighted by Crippen LogP contribution is -2.54. The van der Waals surface area contributed by atoms with Gasteiger partial charge < -0.3 is 15.0 Å². The van der Waals surface area contributed by atoms with Gasteiger partial charge in [0.15, 0.2) is 6.61 Å². The van der Waals surface area contributed by atoms with Crippen LogP contribution in [0.2, 0.25) is 5.02 Å². The summed E-state index contributed by atoms with van der Waals surface area (Å²) in [7, 11) is 0. The lowest BCUT2D eigenvalue weighted by molar-refractivity contribution is -0.143. The summed E-state index contributed by atoms with van der Waals surface area (Å²) in [6.07, 6.45) is 0.497. The van der Waals surface area contributed by atoms with Gasteiger partial charge in [-0.3, -0.25) is 9.59 Å². The molecular formula is C24H31ClN2O3. The Hall–Kier alpha value is -2.53. The maximum atomic E-state index is 13.1. The van der Waals surface area contributed by atoms with Crippen molar-refractivity contribution in [3.63, 3.8) is 0 Å². The van der Waals surface area contributed by atoms with Crippen LogP contribution in [0.15, 0.2) is 48.5 Å². The number of rotatable bonds is 8. The Morgan fingerprint density at radius 2 is 1.83 bits per heavy atom. The highest BCUT2D eigenvalue weighted by Gasteiger charge is 2.30. The summed E-state index contributed by atoms with van der Waals surface area (Å²) in [5, 5.41) is 3.53. The van der Waals surface area contributed by atoms with E-state index in [9.17, 15) is 9.59 Å². The smallest absolute Gasteiger partial charge is 0.261 e. The van der Waals surface area contributed by atoms with Crippen LogP contribution in [0, 0.1) is 6.92 Å². The first-order valence-corrected chi connectivity index (χ1v) is 10.5. The van der Waals surface area contributed by atoms with Crippen molar-refractivity contribution in [3.8, 4) is 5.75 Å². The quantitative estimate of drug-likeness (QED) is 0.657. The van der Waals surface area contributed by atoms with Gasteiger partial charge in [-0.25, -0.2) is 0 Å². The lowest BCUT2D eigenvalue weighted by atomic mass is 10.1. The first-order valence-electron chi connectivity index (χ1n) is 10.1. The molecule has 1 atom stereocenters. The van der Waals surface area contributed by atoms with Gasteiger partial charge >= 0.3 is 0 Å². The summed E-state index contributed by atoms with van der Waals surface area (Å²) >= 11 is 5.99. The van der Waals surface area contributed by atoms with Crippen LogP contribution in [-0.2, 0) is 16.1 Å². The molecule has 0 saturated heterocycles. The van der Waals surface area contributed by atoms with E-state index >= 15 is 0 Å². The first kappa shape index (κ1) is 23.7. The summed E-state index contributed by atoms with van der Waals surface area (Å²) in [5.41, 5.74) is 1.68. The number of hydrogen-bond donors (Lipinski definition) is 1. The third kappa shape index (κ3) is 7.38. The van der Waals surface area contributed by atoms with Gasteiger partial charge in [0, 0.05) is 17.1 Å². The Morgan fingerprint density at radius 1 is 1.13 bits per heavy atom. The third-order valence-corrected chi connectivity index (χ3v) is 4.71. The van der Waals surface area contributed by atoms with E-state index in [2.05, 4.69) is 5.32 Å². The Kier molecular flexibility index (Phi) is 8.30. The summed E-state index contributed by atoms with van der Waals surface area (Å²) in [6, 6.07) is 14.2. The van der Waals surface area contributed by atoms with E-state index in [1.165, 1.54) is 0 Å². The molecule has 30 heavy (non-hydrogen) atoms. The van der Waals surface area contributed by atoms with E-state index < -0.39 is 6.04 Å². The van der Waals surface area contributed by atoms with Crippen LogP contribution in [0.3, 0.4) is 0 Å². The molecule has 2 rings (SSSR count). The molecule has 0 unspecified atom stereocenters. The molecule has 1 N–H and O–H groups in total. The van der Waals surface area contributed by atoms with Gasteiger partial charge in [-0.2, -0.15) is 0 Å². The van der Waals surface area contributed by atoms with Gasteiger partial charge in [-0.05, 0) is 57.9 Å². The van der Waals surface area contributed by atoms with Crippen LogP contribution in [0.1, 0.15) is 45.2 Å². The van der Waals surface area contributed by atoms with Crippen LogP contribution in [0.4, 0.5) is 0 Å². The summed E-state index contributed by atoms with van der Waals surface area (Å²) in [6.45, 7) is 9.83. The number of aryl methyl sites for hydroxylation is 1. The summed E-state index contributed by atoms with van der Waals surface area (Å²) < 4.78 is 5.66. The van der Waals surface area contributed by atoms with Crippen LogP contribution >= 0.6 is 11.6 Å². The van der Waals surface area contributed by atoms with Crippen LogP contribution in [-0.4, -0.2) is 34.9 Å². The molecule has 6 heteroatoms. The molecule has 0 aromatic heterocycles. The molecule has 0 radical (unpaired) electrons. The fraction of sp³-hybridized carbons (Fsp3) is 0.417. The standard InChI is InChI=1S/C24H31ClN2O3/c1-6-21(23(29)26-24(3,4)5)27(15-18-10-7-9-17(2)13-18)22(28)16-30-20-12-8-11-19(25)14-20/h7-14,21H,6,15-16H2,1-5H3,(H,26,29)/t21-/m1/s1. The SMILES string of the molecule is CC[C@H](C(=O)NC(C)(C)C)N(Cc1cccc(C)c1)C(=O)COc1cccc(Cl)c1. The van der Waals surface area contributed by atoms with Gasteiger partial charge in [0.2, 0.25) is 5.91 Å². The van der Waals surface area contributed by atoms with Crippen molar-refractivity contribution in [2.75, 3.05) is 6.61 Å². The average Bonchev–Trinajstić information content (AvgIpc) is 2.64. The molecule has 0 fully saturated rings. The normalized spacial score (nSPS) is 12.2. The third-order valence-electron chi connectivity index (χ3n) is 4.48. The molecular weight excluding hydrogens is 400 g/mol. The zero-order valence-electron chi connectivity index (χ0n) is 18.4. The molecule has 0 aliphatic carbocycles. The molecule has 0 bridgehead atoms. The summed E-state index contributed by atoms with van der Waals surface area (Å²) in [5.74, 6) is 0.0831. The number of nitrogens with zero attached hydrogens (tertiary/aromatic N) is 1.